The van der Waals surface area contributed by atoms with Crippen molar-refractivity contribution in [1.82, 2.24) is 14.6 Å². The van der Waals surface area contributed by atoms with Crippen molar-refractivity contribution in [3.63, 3.8) is 0 Å². The van der Waals surface area contributed by atoms with Gasteiger partial charge in [0, 0.05) is 6.42 Å². The standard InChI is InChI=1S/C12H16N4O3/c1-12(4-8(18)9(5-17)19-12)10-3-2-7-11(13)14-6-15-16(7)10/h2-3,6,8-9,17-18H,4-5H2,1H3,(H2,13,14,15)/t8-,9+,12-/m0/s1. The molecule has 0 spiro atoms. The van der Waals surface area contributed by atoms with Gasteiger partial charge in [0.1, 0.15) is 23.5 Å². The molecular weight excluding hydrogens is 248 g/mol. The number of aliphatic hydroxyl groups excluding tert-OH is 2. The van der Waals surface area contributed by atoms with Crippen LogP contribution in [0.2, 0.25) is 0 Å². The Morgan fingerprint density at radius 2 is 2.37 bits per heavy atom. The zero-order valence-corrected chi connectivity index (χ0v) is 10.5. The van der Waals surface area contributed by atoms with Gasteiger partial charge in [-0.15, -0.1) is 0 Å². The summed E-state index contributed by atoms with van der Waals surface area (Å²) in [6, 6.07) is 3.67. The molecule has 2 aromatic rings. The first-order valence-corrected chi connectivity index (χ1v) is 6.10. The molecule has 2 aromatic heterocycles. The van der Waals surface area contributed by atoms with Gasteiger partial charge in [-0.1, -0.05) is 0 Å². The second-order valence-electron chi connectivity index (χ2n) is 5.00. The number of nitrogens with two attached hydrogens (primary N) is 1. The van der Waals surface area contributed by atoms with Gasteiger partial charge in [0.25, 0.3) is 0 Å². The predicted molar refractivity (Wildman–Crippen MR) is 67.3 cm³/mol. The average Bonchev–Trinajstić information content (AvgIpc) is 2.92. The molecule has 0 radical (unpaired) electrons. The van der Waals surface area contributed by atoms with Gasteiger partial charge in [0.15, 0.2) is 5.82 Å². The second-order valence-corrected chi connectivity index (χ2v) is 5.00. The topological polar surface area (TPSA) is 106 Å². The van der Waals surface area contributed by atoms with E-state index in [1.165, 1.54) is 6.33 Å². The molecule has 19 heavy (non-hydrogen) atoms. The van der Waals surface area contributed by atoms with Gasteiger partial charge in [-0.3, -0.25) is 0 Å². The van der Waals surface area contributed by atoms with Gasteiger partial charge in [-0.2, -0.15) is 5.10 Å². The monoisotopic (exact) mass is 264 g/mol. The fourth-order valence-corrected chi connectivity index (χ4v) is 2.67. The van der Waals surface area contributed by atoms with E-state index in [4.69, 9.17) is 10.5 Å². The molecule has 0 unspecified atom stereocenters. The van der Waals surface area contributed by atoms with Crippen LogP contribution in [0, 0.1) is 0 Å². The highest BCUT2D eigenvalue weighted by molar-refractivity contribution is 5.65. The Bertz CT molecular complexity index is 614. The maximum Gasteiger partial charge on any atom is 0.151 e. The summed E-state index contributed by atoms with van der Waals surface area (Å²) < 4.78 is 7.44. The van der Waals surface area contributed by atoms with E-state index in [2.05, 4.69) is 10.1 Å². The van der Waals surface area contributed by atoms with Crippen molar-refractivity contribution >= 4 is 11.3 Å². The van der Waals surface area contributed by atoms with Crippen LogP contribution in [0.1, 0.15) is 19.0 Å². The number of fused-ring (bicyclic) bond motifs is 1. The van der Waals surface area contributed by atoms with Crippen molar-refractivity contribution in [2.75, 3.05) is 12.3 Å². The molecule has 1 saturated heterocycles. The van der Waals surface area contributed by atoms with Crippen molar-refractivity contribution in [3.05, 3.63) is 24.2 Å². The molecule has 0 saturated carbocycles. The Kier molecular flexibility index (Phi) is 2.70. The van der Waals surface area contributed by atoms with Crippen LogP contribution in [0.5, 0.6) is 0 Å². The first-order valence-electron chi connectivity index (χ1n) is 6.10. The van der Waals surface area contributed by atoms with Crippen molar-refractivity contribution in [3.8, 4) is 0 Å². The summed E-state index contributed by atoms with van der Waals surface area (Å²) in [4.78, 5) is 3.93. The van der Waals surface area contributed by atoms with Gasteiger partial charge in [0.2, 0.25) is 0 Å². The largest absolute Gasteiger partial charge is 0.394 e. The number of nitrogens with zero attached hydrogens (tertiary/aromatic N) is 3. The first-order chi connectivity index (χ1) is 9.05. The summed E-state index contributed by atoms with van der Waals surface area (Å²) in [6.07, 6.45) is 0.507. The molecule has 7 heteroatoms. The van der Waals surface area contributed by atoms with Gasteiger partial charge in [0.05, 0.1) is 18.4 Å². The molecule has 1 aliphatic heterocycles. The van der Waals surface area contributed by atoms with E-state index in [1.807, 2.05) is 19.1 Å². The number of anilines is 1. The molecule has 3 rings (SSSR count). The van der Waals surface area contributed by atoms with Gasteiger partial charge in [-0.05, 0) is 19.1 Å². The molecule has 3 atom stereocenters. The molecular formula is C12H16N4O3. The van der Waals surface area contributed by atoms with Crippen LogP contribution in [0.15, 0.2) is 18.5 Å². The lowest BCUT2D eigenvalue weighted by Gasteiger charge is -2.23. The van der Waals surface area contributed by atoms with Crippen LogP contribution in [-0.4, -0.2) is 43.6 Å². The van der Waals surface area contributed by atoms with Gasteiger partial charge < -0.3 is 20.7 Å². The molecule has 4 N–H and O–H groups in total. The van der Waals surface area contributed by atoms with Gasteiger partial charge in [-0.25, -0.2) is 9.50 Å². The quantitative estimate of drug-likeness (QED) is 0.685. The highest BCUT2D eigenvalue weighted by Crippen LogP contribution is 2.39. The fourth-order valence-electron chi connectivity index (χ4n) is 2.67. The molecule has 0 amide bonds. The Hall–Kier alpha value is -1.70. The summed E-state index contributed by atoms with van der Waals surface area (Å²) >= 11 is 0. The maximum atomic E-state index is 9.90. The first kappa shape index (κ1) is 12.3. The highest BCUT2D eigenvalue weighted by Gasteiger charge is 2.45. The molecule has 102 valence electrons. The van der Waals surface area contributed by atoms with Crippen LogP contribution >= 0.6 is 0 Å². The van der Waals surface area contributed by atoms with Crippen LogP contribution in [-0.2, 0) is 10.3 Å². The van der Waals surface area contributed by atoms with Crippen molar-refractivity contribution < 1.29 is 14.9 Å². The maximum absolute atomic E-state index is 9.90. The number of aromatic nitrogens is 3. The van der Waals surface area contributed by atoms with E-state index in [-0.39, 0.29) is 6.61 Å². The van der Waals surface area contributed by atoms with Crippen molar-refractivity contribution in [2.24, 2.45) is 0 Å². The molecule has 0 aromatic carbocycles. The zero-order valence-electron chi connectivity index (χ0n) is 10.5. The normalized spacial score (nSPS) is 31.1. The Labute approximate surface area is 109 Å². The minimum absolute atomic E-state index is 0.211. The van der Waals surface area contributed by atoms with E-state index in [0.29, 0.717) is 17.8 Å². The van der Waals surface area contributed by atoms with E-state index >= 15 is 0 Å². The average molecular weight is 264 g/mol. The molecule has 3 heterocycles. The van der Waals surface area contributed by atoms with Crippen LogP contribution in [0.25, 0.3) is 5.52 Å². The number of nitrogen functional groups attached to an aromatic ring is 1. The zero-order chi connectivity index (χ0) is 13.6. The molecule has 0 aliphatic carbocycles. The van der Waals surface area contributed by atoms with Gasteiger partial charge >= 0.3 is 0 Å². The third-order valence-electron chi connectivity index (χ3n) is 3.64. The summed E-state index contributed by atoms with van der Waals surface area (Å²) in [5.41, 5.74) is 6.56. The lowest BCUT2D eigenvalue weighted by atomic mass is 9.97. The minimum atomic E-state index is -0.708. The number of aliphatic hydroxyl groups is 2. The lowest BCUT2D eigenvalue weighted by Crippen LogP contribution is -2.27. The Morgan fingerprint density at radius 1 is 1.58 bits per heavy atom. The third kappa shape index (κ3) is 1.78. The molecule has 1 aliphatic rings. The Balaban J connectivity index is 2.08. The SMILES string of the molecule is C[C@@]1(c2ccc3c(N)ncnn23)C[C@H](O)[C@@H](CO)O1. The lowest BCUT2D eigenvalue weighted by molar-refractivity contribution is -0.0695. The summed E-state index contributed by atoms with van der Waals surface area (Å²) in [5.74, 6) is 0.391. The van der Waals surface area contributed by atoms with E-state index in [1.54, 1.807) is 4.52 Å². The minimum Gasteiger partial charge on any atom is -0.394 e. The van der Waals surface area contributed by atoms with Crippen LogP contribution in [0.4, 0.5) is 5.82 Å². The Morgan fingerprint density at radius 3 is 3.05 bits per heavy atom. The van der Waals surface area contributed by atoms with Crippen molar-refractivity contribution in [2.45, 2.75) is 31.2 Å². The smallest absolute Gasteiger partial charge is 0.151 e. The summed E-state index contributed by atoms with van der Waals surface area (Å²) in [7, 11) is 0. The number of rotatable bonds is 2. The number of ether oxygens (including phenoxy) is 1. The van der Waals surface area contributed by atoms with Crippen molar-refractivity contribution in [1.29, 1.82) is 0 Å². The van der Waals surface area contributed by atoms with Crippen LogP contribution < -0.4 is 5.73 Å². The summed E-state index contributed by atoms with van der Waals surface area (Å²) in [6.45, 7) is 1.66. The van der Waals surface area contributed by atoms with E-state index in [9.17, 15) is 10.2 Å². The molecule has 0 bridgehead atoms. The van der Waals surface area contributed by atoms with Crippen LogP contribution in [0.3, 0.4) is 0 Å². The third-order valence-corrected chi connectivity index (χ3v) is 3.64. The van der Waals surface area contributed by atoms with E-state index < -0.39 is 17.8 Å². The predicted octanol–water partition coefficient (Wildman–Crippen LogP) is -0.331. The fraction of sp³-hybridized carbons (Fsp3) is 0.500. The molecule has 7 nitrogen and oxygen atoms in total. The number of hydrogen-bond acceptors (Lipinski definition) is 6. The highest BCUT2D eigenvalue weighted by atomic mass is 16.5. The molecule has 1 fully saturated rings. The second kappa shape index (κ2) is 4.16. The van der Waals surface area contributed by atoms with E-state index in [0.717, 1.165) is 5.69 Å². The number of hydrogen-bond donors (Lipinski definition) is 3. The summed E-state index contributed by atoms with van der Waals surface area (Å²) in [5, 5.41) is 23.3.